The van der Waals surface area contributed by atoms with Gasteiger partial charge in [-0.25, -0.2) is 0 Å². The molecule has 0 heterocycles. The van der Waals surface area contributed by atoms with Crippen LogP contribution in [0.5, 0.6) is 0 Å². The minimum absolute atomic E-state index is 0.760. The molecular weight excluding hydrogens is 210 g/mol. The molecule has 1 aromatic rings. The maximum absolute atomic E-state index is 5.65. The molecule has 0 unspecified atom stereocenters. The molecule has 17 heavy (non-hydrogen) atoms. The van der Waals surface area contributed by atoms with Crippen molar-refractivity contribution in [2.45, 2.75) is 26.3 Å². The number of benzene rings is 1. The third-order valence-electron chi connectivity index (χ3n) is 2.67. The van der Waals surface area contributed by atoms with Gasteiger partial charge in [-0.2, -0.15) is 0 Å². The molecule has 0 saturated heterocycles. The van der Waals surface area contributed by atoms with E-state index in [0.717, 1.165) is 38.3 Å². The highest BCUT2D eigenvalue weighted by Crippen LogP contribution is 2.02. The summed E-state index contributed by atoms with van der Waals surface area (Å²) in [5.41, 5.74) is 7.00. The van der Waals surface area contributed by atoms with Gasteiger partial charge in [0.15, 0.2) is 0 Å². The summed E-state index contributed by atoms with van der Waals surface area (Å²) in [5, 5.41) is 0. The SMILES string of the molecule is CCC(N)=NCCCN(C)Cc1ccccc1. The third-order valence-corrected chi connectivity index (χ3v) is 2.67. The van der Waals surface area contributed by atoms with Crippen LogP contribution in [0.25, 0.3) is 0 Å². The molecule has 0 bridgehead atoms. The second kappa shape index (κ2) is 7.85. The Labute approximate surface area is 104 Å². The van der Waals surface area contributed by atoms with Crippen molar-refractivity contribution in [2.75, 3.05) is 20.1 Å². The first-order valence-corrected chi connectivity index (χ1v) is 6.23. The van der Waals surface area contributed by atoms with Gasteiger partial charge in [0.2, 0.25) is 0 Å². The highest BCUT2D eigenvalue weighted by atomic mass is 15.1. The van der Waals surface area contributed by atoms with Crippen molar-refractivity contribution >= 4 is 5.84 Å². The predicted octanol–water partition coefficient (Wildman–Crippen LogP) is 2.28. The van der Waals surface area contributed by atoms with Gasteiger partial charge in [-0.1, -0.05) is 37.3 Å². The van der Waals surface area contributed by atoms with Gasteiger partial charge in [0.05, 0.1) is 5.84 Å². The molecular formula is C14H23N3. The average molecular weight is 233 g/mol. The lowest BCUT2D eigenvalue weighted by Gasteiger charge is -2.15. The predicted molar refractivity (Wildman–Crippen MR) is 74.2 cm³/mol. The molecule has 0 aromatic heterocycles. The minimum atomic E-state index is 0.760. The average Bonchev–Trinajstić information content (AvgIpc) is 2.35. The van der Waals surface area contributed by atoms with Crippen LogP contribution in [0.15, 0.2) is 35.3 Å². The van der Waals surface area contributed by atoms with E-state index in [1.54, 1.807) is 0 Å². The van der Waals surface area contributed by atoms with E-state index in [1.807, 2.05) is 13.0 Å². The molecule has 3 heteroatoms. The standard InChI is InChI=1S/C14H23N3/c1-3-14(15)16-10-7-11-17(2)12-13-8-5-4-6-9-13/h4-6,8-9H,3,7,10-12H2,1-2H3,(H2,15,16). The zero-order chi connectivity index (χ0) is 12.5. The van der Waals surface area contributed by atoms with Gasteiger partial charge in [-0.05, 0) is 25.6 Å². The summed E-state index contributed by atoms with van der Waals surface area (Å²) >= 11 is 0. The topological polar surface area (TPSA) is 41.6 Å². The summed E-state index contributed by atoms with van der Waals surface area (Å²) in [6.07, 6.45) is 1.91. The van der Waals surface area contributed by atoms with E-state index in [-0.39, 0.29) is 0 Å². The fourth-order valence-corrected chi connectivity index (χ4v) is 1.65. The van der Waals surface area contributed by atoms with E-state index in [9.17, 15) is 0 Å². The number of hydrogen-bond acceptors (Lipinski definition) is 2. The zero-order valence-corrected chi connectivity index (χ0v) is 10.9. The molecule has 0 aliphatic carbocycles. The normalized spacial score (nSPS) is 12.1. The summed E-state index contributed by atoms with van der Waals surface area (Å²) < 4.78 is 0. The van der Waals surface area contributed by atoms with Crippen molar-refractivity contribution < 1.29 is 0 Å². The number of nitrogens with two attached hydrogens (primary N) is 1. The highest BCUT2D eigenvalue weighted by Gasteiger charge is 1.99. The fraction of sp³-hybridized carbons (Fsp3) is 0.500. The number of hydrogen-bond donors (Lipinski definition) is 1. The molecule has 1 rings (SSSR count). The Kier molecular flexibility index (Phi) is 6.33. The lowest BCUT2D eigenvalue weighted by atomic mass is 10.2. The minimum Gasteiger partial charge on any atom is -0.387 e. The summed E-state index contributed by atoms with van der Waals surface area (Å²) in [6, 6.07) is 10.5. The van der Waals surface area contributed by atoms with E-state index in [0.29, 0.717) is 0 Å². The molecule has 94 valence electrons. The van der Waals surface area contributed by atoms with Gasteiger partial charge in [0.1, 0.15) is 0 Å². The lowest BCUT2D eigenvalue weighted by molar-refractivity contribution is 0.324. The molecule has 1 aromatic carbocycles. The van der Waals surface area contributed by atoms with Crippen LogP contribution in [0.1, 0.15) is 25.3 Å². The largest absolute Gasteiger partial charge is 0.387 e. The number of aliphatic imine (C=N–C) groups is 1. The van der Waals surface area contributed by atoms with Crippen LogP contribution in [0.4, 0.5) is 0 Å². The number of rotatable bonds is 7. The second-order valence-electron chi connectivity index (χ2n) is 4.30. The van der Waals surface area contributed by atoms with Crippen LogP contribution in [-0.2, 0) is 6.54 Å². The monoisotopic (exact) mass is 233 g/mol. The first-order chi connectivity index (χ1) is 8.22. The fourth-order valence-electron chi connectivity index (χ4n) is 1.65. The quantitative estimate of drug-likeness (QED) is 0.446. The Bertz CT molecular complexity index is 333. The van der Waals surface area contributed by atoms with Crippen molar-refractivity contribution in [3.63, 3.8) is 0 Å². The van der Waals surface area contributed by atoms with Gasteiger partial charge >= 0.3 is 0 Å². The van der Waals surface area contributed by atoms with Crippen LogP contribution < -0.4 is 5.73 Å². The molecule has 0 spiro atoms. The molecule has 0 radical (unpaired) electrons. The van der Waals surface area contributed by atoms with Gasteiger partial charge in [-0.15, -0.1) is 0 Å². The van der Waals surface area contributed by atoms with Crippen LogP contribution >= 0.6 is 0 Å². The Balaban J connectivity index is 2.20. The molecule has 0 amide bonds. The molecule has 0 aliphatic heterocycles. The maximum Gasteiger partial charge on any atom is 0.0934 e. The first kappa shape index (κ1) is 13.7. The lowest BCUT2D eigenvalue weighted by Crippen LogP contribution is -2.20. The van der Waals surface area contributed by atoms with Crippen molar-refractivity contribution in [2.24, 2.45) is 10.7 Å². The van der Waals surface area contributed by atoms with Crippen LogP contribution in [0.2, 0.25) is 0 Å². The second-order valence-corrected chi connectivity index (χ2v) is 4.30. The van der Waals surface area contributed by atoms with Crippen molar-refractivity contribution in [1.82, 2.24) is 4.90 Å². The highest BCUT2D eigenvalue weighted by molar-refractivity contribution is 5.79. The molecule has 0 aliphatic rings. The van der Waals surface area contributed by atoms with Gasteiger partial charge < -0.3 is 10.6 Å². The smallest absolute Gasteiger partial charge is 0.0934 e. The molecule has 0 saturated carbocycles. The van der Waals surface area contributed by atoms with Crippen LogP contribution in [-0.4, -0.2) is 30.9 Å². The number of amidine groups is 1. The van der Waals surface area contributed by atoms with Crippen molar-refractivity contribution in [3.8, 4) is 0 Å². The zero-order valence-electron chi connectivity index (χ0n) is 10.9. The van der Waals surface area contributed by atoms with E-state index in [1.165, 1.54) is 5.56 Å². The van der Waals surface area contributed by atoms with Crippen molar-refractivity contribution in [1.29, 1.82) is 0 Å². The maximum atomic E-state index is 5.65. The molecule has 0 fully saturated rings. The Morgan fingerprint density at radius 3 is 2.65 bits per heavy atom. The Morgan fingerprint density at radius 2 is 2.00 bits per heavy atom. The molecule has 0 atom stereocenters. The van der Waals surface area contributed by atoms with Gasteiger partial charge in [0.25, 0.3) is 0 Å². The van der Waals surface area contributed by atoms with Gasteiger partial charge in [0, 0.05) is 19.5 Å². The summed E-state index contributed by atoms with van der Waals surface area (Å²) in [5.74, 6) is 0.760. The van der Waals surface area contributed by atoms with E-state index < -0.39 is 0 Å². The summed E-state index contributed by atoms with van der Waals surface area (Å²) in [7, 11) is 2.14. The number of nitrogens with zero attached hydrogens (tertiary/aromatic N) is 2. The van der Waals surface area contributed by atoms with Crippen LogP contribution in [0.3, 0.4) is 0 Å². The molecule has 2 N–H and O–H groups in total. The van der Waals surface area contributed by atoms with E-state index >= 15 is 0 Å². The third kappa shape index (κ3) is 6.07. The van der Waals surface area contributed by atoms with Crippen LogP contribution in [0, 0.1) is 0 Å². The summed E-state index contributed by atoms with van der Waals surface area (Å²) in [6.45, 7) is 4.91. The van der Waals surface area contributed by atoms with Gasteiger partial charge in [-0.3, -0.25) is 4.99 Å². The van der Waals surface area contributed by atoms with E-state index in [4.69, 9.17) is 5.73 Å². The Hall–Kier alpha value is -1.35. The molecule has 3 nitrogen and oxygen atoms in total. The van der Waals surface area contributed by atoms with E-state index in [2.05, 4.69) is 41.2 Å². The summed E-state index contributed by atoms with van der Waals surface area (Å²) in [4.78, 5) is 6.60. The first-order valence-electron chi connectivity index (χ1n) is 6.23. The Morgan fingerprint density at radius 1 is 1.29 bits per heavy atom. The van der Waals surface area contributed by atoms with Crippen molar-refractivity contribution in [3.05, 3.63) is 35.9 Å².